The fourth-order valence-electron chi connectivity index (χ4n) is 1.40. The van der Waals surface area contributed by atoms with E-state index in [1.807, 2.05) is 6.92 Å². The third kappa shape index (κ3) is 2.80. The topological polar surface area (TPSA) is 26.3 Å². The highest BCUT2D eigenvalue weighted by molar-refractivity contribution is 6.34. The van der Waals surface area contributed by atoms with E-state index in [0.29, 0.717) is 17.2 Å². The van der Waals surface area contributed by atoms with Gasteiger partial charge in [0.1, 0.15) is 5.60 Å². The van der Waals surface area contributed by atoms with E-state index in [0.717, 1.165) is 0 Å². The predicted molar refractivity (Wildman–Crippen MR) is 61.5 cm³/mol. The van der Waals surface area contributed by atoms with Crippen LogP contribution in [0.3, 0.4) is 0 Å². The largest absolute Gasteiger partial charge is 0.368 e. The minimum atomic E-state index is -0.820. The van der Waals surface area contributed by atoms with Gasteiger partial charge in [-0.25, -0.2) is 0 Å². The molecule has 1 aromatic carbocycles. The van der Waals surface area contributed by atoms with Crippen molar-refractivity contribution < 1.29 is 9.53 Å². The Hall–Kier alpha value is -0.860. The molecule has 2 nitrogen and oxygen atoms in total. The van der Waals surface area contributed by atoms with Gasteiger partial charge < -0.3 is 4.74 Å². The smallest absolute Gasteiger partial charge is 0.195 e. The first-order chi connectivity index (χ1) is 6.99. The molecule has 0 heterocycles. The molecule has 0 unspecified atom stereocenters. The summed E-state index contributed by atoms with van der Waals surface area (Å²) in [6.07, 6.45) is 0. The van der Waals surface area contributed by atoms with E-state index in [4.69, 9.17) is 16.3 Å². The van der Waals surface area contributed by atoms with E-state index in [1.54, 1.807) is 38.1 Å². The molecule has 0 amide bonds. The first-order valence-corrected chi connectivity index (χ1v) is 5.30. The van der Waals surface area contributed by atoms with Crippen molar-refractivity contribution in [1.29, 1.82) is 0 Å². The number of hydrogen-bond donors (Lipinski definition) is 0. The quantitative estimate of drug-likeness (QED) is 0.736. The number of carbonyl (C=O) groups excluding carboxylic acids is 1. The van der Waals surface area contributed by atoms with E-state index in [-0.39, 0.29) is 5.78 Å². The van der Waals surface area contributed by atoms with E-state index < -0.39 is 5.60 Å². The molecule has 0 fully saturated rings. The van der Waals surface area contributed by atoms with Gasteiger partial charge in [0.25, 0.3) is 0 Å². The molecule has 0 radical (unpaired) electrons. The average Bonchev–Trinajstić information content (AvgIpc) is 2.17. The summed E-state index contributed by atoms with van der Waals surface area (Å²) in [6, 6.07) is 7.01. The second kappa shape index (κ2) is 4.77. The maximum atomic E-state index is 12.1. The Bertz CT molecular complexity index is 358. The Morgan fingerprint density at radius 1 is 1.40 bits per heavy atom. The van der Waals surface area contributed by atoms with Crippen LogP contribution in [-0.4, -0.2) is 18.0 Å². The van der Waals surface area contributed by atoms with Gasteiger partial charge in [0.15, 0.2) is 5.78 Å². The van der Waals surface area contributed by atoms with Gasteiger partial charge in [-0.1, -0.05) is 23.7 Å². The van der Waals surface area contributed by atoms with Crippen molar-refractivity contribution in [3.05, 3.63) is 34.9 Å². The van der Waals surface area contributed by atoms with Gasteiger partial charge in [0.05, 0.1) is 5.02 Å². The molecule has 82 valence electrons. The van der Waals surface area contributed by atoms with Gasteiger partial charge in [-0.05, 0) is 32.9 Å². The first-order valence-electron chi connectivity index (χ1n) is 4.92. The predicted octanol–water partition coefficient (Wildman–Crippen LogP) is 3.34. The highest BCUT2D eigenvalue weighted by atomic mass is 35.5. The fourth-order valence-corrected chi connectivity index (χ4v) is 1.62. The van der Waals surface area contributed by atoms with Crippen LogP contribution in [0.1, 0.15) is 31.1 Å². The number of carbonyl (C=O) groups is 1. The molecular weight excluding hydrogens is 212 g/mol. The van der Waals surface area contributed by atoms with Crippen molar-refractivity contribution in [2.45, 2.75) is 26.4 Å². The second-order valence-electron chi connectivity index (χ2n) is 3.75. The van der Waals surface area contributed by atoms with Crippen molar-refractivity contribution in [2.24, 2.45) is 0 Å². The lowest BCUT2D eigenvalue weighted by Gasteiger charge is -2.23. The molecule has 0 aliphatic heterocycles. The highest BCUT2D eigenvalue weighted by Gasteiger charge is 2.30. The maximum Gasteiger partial charge on any atom is 0.195 e. The second-order valence-corrected chi connectivity index (χ2v) is 4.16. The number of ketones is 1. The van der Waals surface area contributed by atoms with Crippen LogP contribution in [-0.2, 0) is 4.74 Å². The zero-order valence-corrected chi connectivity index (χ0v) is 9.97. The van der Waals surface area contributed by atoms with Crippen molar-refractivity contribution in [1.82, 2.24) is 0 Å². The molecule has 0 aromatic heterocycles. The zero-order chi connectivity index (χ0) is 11.5. The minimum absolute atomic E-state index is 0.0880. The molecule has 0 bridgehead atoms. The molecule has 0 aliphatic carbocycles. The van der Waals surface area contributed by atoms with Crippen LogP contribution in [0.2, 0.25) is 5.02 Å². The normalized spacial score (nSPS) is 11.5. The van der Waals surface area contributed by atoms with Gasteiger partial charge in [-0.15, -0.1) is 0 Å². The fraction of sp³-hybridized carbons (Fsp3) is 0.417. The van der Waals surface area contributed by atoms with E-state index in [9.17, 15) is 4.79 Å². The van der Waals surface area contributed by atoms with E-state index >= 15 is 0 Å². The van der Waals surface area contributed by atoms with Gasteiger partial charge >= 0.3 is 0 Å². The van der Waals surface area contributed by atoms with Gasteiger partial charge in [0, 0.05) is 12.2 Å². The lowest BCUT2D eigenvalue weighted by atomic mass is 9.96. The lowest BCUT2D eigenvalue weighted by molar-refractivity contribution is 0.00127. The van der Waals surface area contributed by atoms with Crippen LogP contribution >= 0.6 is 11.6 Å². The van der Waals surface area contributed by atoms with Crippen LogP contribution in [0.25, 0.3) is 0 Å². The molecule has 0 atom stereocenters. The van der Waals surface area contributed by atoms with Crippen molar-refractivity contribution in [3.8, 4) is 0 Å². The Labute approximate surface area is 95.2 Å². The third-order valence-corrected chi connectivity index (χ3v) is 2.50. The standard InChI is InChI=1S/C12H15ClO2/c1-4-15-12(2,3)11(14)9-7-5-6-8-10(9)13/h5-8H,4H2,1-3H3. The van der Waals surface area contributed by atoms with E-state index in [1.165, 1.54) is 0 Å². The van der Waals surface area contributed by atoms with Crippen LogP contribution in [0, 0.1) is 0 Å². The summed E-state index contributed by atoms with van der Waals surface area (Å²) in [5.41, 5.74) is -0.308. The Kier molecular flexibility index (Phi) is 3.89. The summed E-state index contributed by atoms with van der Waals surface area (Å²) in [6.45, 7) is 5.87. The molecule has 1 aromatic rings. The van der Waals surface area contributed by atoms with Crippen molar-refractivity contribution in [2.75, 3.05) is 6.61 Å². The Morgan fingerprint density at radius 3 is 2.53 bits per heavy atom. The summed E-state index contributed by atoms with van der Waals surface area (Å²) >= 11 is 5.95. The molecular formula is C12H15ClO2. The molecule has 0 N–H and O–H groups in total. The molecule has 0 saturated heterocycles. The van der Waals surface area contributed by atoms with Gasteiger partial charge in [-0.3, -0.25) is 4.79 Å². The van der Waals surface area contributed by atoms with Gasteiger partial charge in [0.2, 0.25) is 0 Å². The first kappa shape index (κ1) is 12.2. The summed E-state index contributed by atoms with van der Waals surface area (Å²) in [5.74, 6) is -0.0880. The molecule has 0 saturated carbocycles. The number of Topliss-reactive ketones (excluding diaryl/α,β-unsaturated/α-hetero) is 1. The van der Waals surface area contributed by atoms with Crippen molar-refractivity contribution in [3.63, 3.8) is 0 Å². The molecule has 3 heteroatoms. The zero-order valence-electron chi connectivity index (χ0n) is 9.21. The maximum absolute atomic E-state index is 12.1. The number of benzene rings is 1. The summed E-state index contributed by atoms with van der Waals surface area (Å²) in [5, 5.41) is 0.468. The van der Waals surface area contributed by atoms with Crippen LogP contribution in [0.15, 0.2) is 24.3 Å². The summed E-state index contributed by atoms with van der Waals surface area (Å²) < 4.78 is 5.39. The molecule has 15 heavy (non-hydrogen) atoms. The number of halogens is 1. The SMILES string of the molecule is CCOC(C)(C)C(=O)c1ccccc1Cl. The summed E-state index contributed by atoms with van der Waals surface area (Å²) in [7, 11) is 0. The van der Waals surface area contributed by atoms with Gasteiger partial charge in [-0.2, -0.15) is 0 Å². The molecule has 0 aliphatic rings. The average molecular weight is 227 g/mol. The lowest BCUT2D eigenvalue weighted by Crippen LogP contribution is -2.35. The molecule has 0 spiro atoms. The van der Waals surface area contributed by atoms with E-state index in [2.05, 4.69) is 0 Å². The number of hydrogen-bond acceptors (Lipinski definition) is 2. The van der Waals surface area contributed by atoms with Crippen molar-refractivity contribution >= 4 is 17.4 Å². The van der Waals surface area contributed by atoms with Crippen LogP contribution in [0.4, 0.5) is 0 Å². The Morgan fingerprint density at radius 2 is 2.00 bits per heavy atom. The summed E-state index contributed by atoms with van der Waals surface area (Å²) in [4.78, 5) is 12.1. The monoisotopic (exact) mass is 226 g/mol. The van der Waals surface area contributed by atoms with Crippen LogP contribution in [0.5, 0.6) is 0 Å². The number of ether oxygens (including phenoxy) is 1. The Balaban J connectivity index is 2.99. The minimum Gasteiger partial charge on any atom is -0.368 e. The molecule has 1 rings (SSSR count). The highest BCUT2D eigenvalue weighted by Crippen LogP contribution is 2.22. The number of rotatable bonds is 4. The van der Waals surface area contributed by atoms with Crippen LogP contribution < -0.4 is 0 Å². The third-order valence-electron chi connectivity index (χ3n) is 2.17.